The second-order valence-corrected chi connectivity index (χ2v) is 12.4. The molecular weight excluding hydrogens is 502 g/mol. The van der Waals surface area contributed by atoms with E-state index in [1.165, 1.54) is 154 Å². The smallest absolute Gasteiger partial charge is 0.339 e. The van der Waals surface area contributed by atoms with Gasteiger partial charge in [0.2, 0.25) is 0 Å². The van der Waals surface area contributed by atoms with Gasteiger partial charge in [0.25, 0.3) is 0 Å². The Morgan fingerprint density at radius 1 is 0.561 bits per heavy atom. The minimum absolute atomic E-state index is 0.261. The van der Waals surface area contributed by atoms with Crippen molar-refractivity contribution in [2.45, 2.75) is 174 Å². The molecule has 2 aromatic rings. The summed E-state index contributed by atoms with van der Waals surface area (Å²) in [5.41, 5.74) is 1.44. The first-order valence-electron chi connectivity index (χ1n) is 17.8. The van der Waals surface area contributed by atoms with E-state index < -0.39 is 0 Å². The molecule has 0 atom stereocenters. The van der Waals surface area contributed by atoms with Crippen LogP contribution in [0.25, 0.3) is 10.9 Å². The number of fused-ring (bicyclic) bond motifs is 1. The van der Waals surface area contributed by atoms with E-state index in [1.54, 1.807) is 6.20 Å². The lowest BCUT2D eigenvalue weighted by atomic mass is 10.0. The van der Waals surface area contributed by atoms with Crippen molar-refractivity contribution >= 4 is 16.9 Å². The Morgan fingerprint density at radius 2 is 0.951 bits per heavy atom. The Kier molecular flexibility index (Phi) is 22.2. The van der Waals surface area contributed by atoms with Crippen LogP contribution in [0.2, 0.25) is 0 Å². The van der Waals surface area contributed by atoms with Crippen molar-refractivity contribution in [2.24, 2.45) is 0 Å². The summed E-state index contributed by atoms with van der Waals surface area (Å²) < 4.78 is 5.45. The number of hydrogen-bond donors (Lipinski definition) is 0. The van der Waals surface area contributed by atoms with Crippen LogP contribution < -0.4 is 0 Å². The van der Waals surface area contributed by atoms with Crippen LogP contribution in [0.5, 0.6) is 0 Å². The van der Waals surface area contributed by atoms with Crippen molar-refractivity contribution < 1.29 is 9.53 Å². The molecule has 3 heteroatoms. The molecule has 3 nitrogen and oxygen atoms in total. The Bertz CT molecular complexity index is 879. The van der Waals surface area contributed by atoms with Gasteiger partial charge >= 0.3 is 5.97 Å². The summed E-state index contributed by atoms with van der Waals surface area (Å²) in [5.74, 6) is -0.261. The fourth-order valence-electron chi connectivity index (χ4n) is 5.85. The average molecular weight is 566 g/mol. The van der Waals surface area contributed by atoms with Gasteiger partial charge in [-0.3, -0.25) is 4.98 Å². The first-order valence-corrected chi connectivity index (χ1v) is 17.8. The summed E-state index contributed by atoms with van der Waals surface area (Å²) in [7, 11) is 0. The number of para-hydroxylation sites is 1. The standard InChI is InChI=1S/C38H63NO2/c1-2-3-4-5-6-7-8-9-10-11-12-13-14-15-16-17-18-19-20-21-22-23-24-25-26-29-32-41-38(40)36-33-35-30-27-28-31-37(35)39-34-36/h27-28,30-31,33-34H,2-26,29,32H2,1H3. The maximum Gasteiger partial charge on any atom is 0.339 e. The molecule has 0 amide bonds. The first-order chi connectivity index (χ1) is 20.3. The second kappa shape index (κ2) is 25.8. The number of ether oxygens (including phenoxy) is 1. The van der Waals surface area contributed by atoms with Crippen LogP contribution in [0.15, 0.2) is 36.5 Å². The van der Waals surface area contributed by atoms with E-state index >= 15 is 0 Å². The SMILES string of the molecule is CCCCCCCCCCCCCCCCCCCCCCCCCCCCOC(=O)c1cnc2ccccc2c1. The zero-order chi connectivity index (χ0) is 29.1. The highest BCUT2D eigenvalue weighted by Gasteiger charge is 2.08. The molecule has 0 unspecified atom stereocenters. The molecule has 232 valence electrons. The molecule has 0 aliphatic heterocycles. The highest BCUT2D eigenvalue weighted by molar-refractivity contribution is 5.93. The average Bonchev–Trinajstić information content (AvgIpc) is 3.00. The molecule has 0 saturated heterocycles. The third-order valence-corrected chi connectivity index (χ3v) is 8.56. The van der Waals surface area contributed by atoms with E-state index in [0.717, 1.165) is 23.7 Å². The Morgan fingerprint density at radius 3 is 1.39 bits per heavy atom. The number of esters is 1. The van der Waals surface area contributed by atoms with Crippen molar-refractivity contribution in [3.63, 3.8) is 0 Å². The van der Waals surface area contributed by atoms with Crippen molar-refractivity contribution in [1.82, 2.24) is 4.98 Å². The summed E-state index contributed by atoms with van der Waals surface area (Å²) >= 11 is 0. The third kappa shape index (κ3) is 19.0. The van der Waals surface area contributed by atoms with Crippen LogP contribution in [0.4, 0.5) is 0 Å². The van der Waals surface area contributed by atoms with Gasteiger partial charge in [0.15, 0.2) is 0 Å². The number of aromatic nitrogens is 1. The molecule has 0 aliphatic carbocycles. The molecule has 1 aromatic heterocycles. The van der Waals surface area contributed by atoms with E-state index in [9.17, 15) is 4.79 Å². The predicted molar refractivity (Wildman–Crippen MR) is 178 cm³/mol. The minimum atomic E-state index is -0.261. The van der Waals surface area contributed by atoms with Crippen molar-refractivity contribution in [1.29, 1.82) is 0 Å². The molecule has 0 N–H and O–H groups in total. The molecule has 1 heterocycles. The highest BCUT2D eigenvalue weighted by atomic mass is 16.5. The van der Waals surface area contributed by atoms with Gasteiger partial charge in [0.1, 0.15) is 0 Å². The minimum Gasteiger partial charge on any atom is -0.462 e. The summed E-state index contributed by atoms with van der Waals surface area (Å²) in [6, 6.07) is 9.71. The van der Waals surface area contributed by atoms with Gasteiger partial charge < -0.3 is 4.74 Å². The maximum atomic E-state index is 12.3. The molecule has 0 aliphatic rings. The van der Waals surface area contributed by atoms with Gasteiger partial charge in [-0.2, -0.15) is 0 Å². The third-order valence-electron chi connectivity index (χ3n) is 8.56. The molecule has 0 saturated carbocycles. The number of hydrogen-bond acceptors (Lipinski definition) is 3. The lowest BCUT2D eigenvalue weighted by Gasteiger charge is -2.06. The van der Waals surface area contributed by atoms with Gasteiger partial charge in [-0.25, -0.2) is 4.79 Å². The first kappa shape index (κ1) is 35.3. The number of benzene rings is 1. The number of carbonyl (C=O) groups excluding carboxylic acids is 1. The molecule has 0 bridgehead atoms. The van der Waals surface area contributed by atoms with Gasteiger partial charge in [0, 0.05) is 11.6 Å². The quantitative estimate of drug-likeness (QED) is 0.0760. The van der Waals surface area contributed by atoms with Crippen molar-refractivity contribution in [2.75, 3.05) is 6.61 Å². The largest absolute Gasteiger partial charge is 0.462 e. The molecule has 0 spiro atoms. The number of rotatable bonds is 28. The Hall–Kier alpha value is -1.90. The molecule has 0 fully saturated rings. The zero-order valence-corrected chi connectivity index (χ0v) is 26.8. The van der Waals surface area contributed by atoms with Crippen LogP contribution in [0.3, 0.4) is 0 Å². The van der Waals surface area contributed by atoms with Crippen LogP contribution >= 0.6 is 0 Å². The zero-order valence-electron chi connectivity index (χ0n) is 26.8. The Labute approximate surface area is 253 Å². The second-order valence-electron chi connectivity index (χ2n) is 12.4. The van der Waals surface area contributed by atoms with Gasteiger partial charge in [-0.1, -0.05) is 186 Å². The number of carbonyl (C=O) groups is 1. The monoisotopic (exact) mass is 565 g/mol. The van der Waals surface area contributed by atoms with E-state index in [1.807, 2.05) is 30.3 Å². The number of unbranched alkanes of at least 4 members (excludes halogenated alkanes) is 25. The topological polar surface area (TPSA) is 39.2 Å². The number of nitrogens with zero attached hydrogens (tertiary/aromatic N) is 1. The molecular formula is C38H63NO2. The predicted octanol–water partition coefficient (Wildman–Crippen LogP) is 12.6. The van der Waals surface area contributed by atoms with Crippen molar-refractivity contribution in [3.8, 4) is 0 Å². The highest BCUT2D eigenvalue weighted by Crippen LogP contribution is 2.17. The van der Waals surface area contributed by atoms with E-state index in [-0.39, 0.29) is 5.97 Å². The fourth-order valence-corrected chi connectivity index (χ4v) is 5.85. The lowest BCUT2D eigenvalue weighted by Crippen LogP contribution is -2.07. The molecule has 2 rings (SSSR count). The van der Waals surface area contributed by atoms with Crippen LogP contribution in [-0.2, 0) is 4.74 Å². The van der Waals surface area contributed by atoms with Gasteiger partial charge in [0.05, 0.1) is 17.7 Å². The normalized spacial score (nSPS) is 11.3. The molecule has 41 heavy (non-hydrogen) atoms. The fraction of sp³-hybridized carbons (Fsp3) is 0.737. The van der Waals surface area contributed by atoms with E-state index in [4.69, 9.17) is 4.74 Å². The van der Waals surface area contributed by atoms with Gasteiger partial charge in [-0.05, 0) is 18.6 Å². The number of pyridine rings is 1. The van der Waals surface area contributed by atoms with Crippen molar-refractivity contribution in [3.05, 3.63) is 42.1 Å². The molecule has 1 aromatic carbocycles. The van der Waals surface area contributed by atoms with Crippen LogP contribution in [0, 0.1) is 0 Å². The van der Waals surface area contributed by atoms with Gasteiger partial charge in [-0.15, -0.1) is 0 Å². The summed E-state index contributed by atoms with van der Waals surface area (Å²) in [4.78, 5) is 16.6. The summed E-state index contributed by atoms with van der Waals surface area (Å²) in [6.45, 7) is 2.80. The van der Waals surface area contributed by atoms with E-state index in [0.29, 0.717) is 12.2 Å². The maximum absolute atomic E-state index is 12.3. The lowest BCUT2D eigenvalue weighted by molar-refractivity contribution is 0.0497. The molecule has 0 radical (unpaired) electrons. The van der Waals surface area contributed by atoms with Crippen LogP contribution in [-0.4, -0.2) is 17.6 Å². The van der Waals surface area contributed by atoms with E-state index in [2.05, 4.69) is 11.9 Å². The van der Waals surface area contributed by atoms with Crippen LogP contribution in [0.1, 0.15) is 184 Å². The summed E-state index contributed by atoms with van der Waals surface area (Å²) in [5, 5.41) is 0.974. The summed E-state index contributed by atoms with van der Waals surface area (Å²) in [6.07, 6.45) is 37.9. The Balaban J connectivity index is 1.23.